The highest BCUT2D eigenvalue weighted by molar-refractivity contribution is 6.30. The molecule has 1 unspecified atom stereocenters. The van der Waals surface area contributed by atoms with E-state index in [9.17, 15) is 4.39 Å². The van der Waals surface area contributed by atoms with Gasteiger partial charge >= 0.3 is 0 Å². The standard InChI is InChI=1S/C25H21ClF2O/c26-20-12-8-19(9-13-20)25(18-6-7-18)23(28)15-11-17-10-14-21(27)16-24(17)29-22-4-2-1-3-5-22/h1-5,8-10,12-16,18,25H,6-7,11H2. The molecular formula is C25H21ClF2O. The Labute approximate surface area is 174 Å². The van der Waals surface area contributed by atoms with Crippen LogP contribution in [0.2, 0.25) is 5.02 Å². The van der Waals surface area contributed by atoms with Gasteiger partial charge in [0.05, 0.1) is 0 Å². The molecule has 3 aromatic rings. The molecule has 0 saturated heterocycles. The van der Waals surface area contributed by atoms with Crippen molar-refractivity contribution in [2.45, 2.75) is 25.2 Å². The third kappa shape index (κ3) is 5.04. The predicted octanol–water partition coefficient (Wildman–Crippen LogP) is 7.86. The largest absolute Gasteiger partial charge is 0.457 e. The van der Waals surface area contributed by atoms with Crippen LogP contribution < -0.4 is 4.74 Å². The van der Waals surface area contributed by atoms with Crippen LogP contribution in [0.1, 0.15) is 29.9 Å². The molecule has 1 saturated carbocycles. The van der Waals surface area contributed by atoms with Crippen molar-refractivity contribution in [1.29, 1.82) is 0 Å². The second-order valence-electron chi connectivity index (χ2n) is 7.33. The van der Waals surface area contributed by atoms with Crippen molar-refractivity contribution in [3.63, 3.8) is 0 Å². The van der Waals surface area contributed by atoms with Crippen molar-refractivity contribution >= 4 is 11.6 Å². The van der Waals surface area contributed by atoms with Crippen molar-refractivity contribution < 1.29 is 13.5 Å². The smallest absolute Gasteiger partial charge is 0.133 e. The van der Waals surface area contributed by atoms with E-state index in [-0.39, 0.29) is 17.6 Å². The van der Waals surface area contributed by atoms with Gasteiger partial charge in [0.15, 0.2) is 0 Å². The average molecular weight is 411 g/mol. The second kappa shape index (κ2) is 8.79. The molecule has 29 heavy (non-hydrogen) atoms. The van der Waals surface area contributed by atoms with Gasteiger partial charge in [-0.05, 0) is 72.7 Å². The monoisotopic (exact) mass is 410 g/mol. The summed E-state index contributed by atoms with van der Waals surface area (Å²) in [6, 6.07) is 20.9. The first-order valence-corrected chi connectivity index (χ1v) is 10.1. The Bertz CT molecular complexity index is 995. The van der Waals surface area contributed by atoms with Gasteiger partial charge in [0, 0.05) is 17.0 Å². The van der Waals surface area contributed by atoms with Gasteiger partial charge in [-0.1, -0.05) is 48.0 Å². The zero-order valence-corrected chi connectivity index (χ0v) is 16.6. The Kier molecular flexibility index (Phi) is 5.96. The molecule has 1 fully saturated rings. The highest BCUT2D eigenvalue weighted by atomic mass is 35.5. The van der Waals surface area contributed by atoms with Crippen LogP contribution in [-0.4, -0.2) is 0 Å². The lowest BCUT2D eigenvalue weighted by atomic mass is 9.92. The van der Waals surface area contributed by atoms with E-state index >= 15 is 4.39 Å². The highest BCUT2D eigenvalue weighted by Gasteiger charge is 2.35. The Morgan fingerprint density at radius 2 is 1.76 bits per heavy atom. The molecule has 1 aliphatic rings. The molecular weight excluding hydrogens is 390 g/mol. The van der Waals surface area contributed by atoms with Gasteiger partial charge in [-0.25, -0.2) is 8.78 Å². The summed E-state index contributed by atoms with van der Waals surface area (Å²) in [5.74, 6) is 0.522. The molecule has 0 bridgehead atoms. The number of para-hydroxylation sites is 1. The first-order chi connectivity index (χ1) is 14.1. The van der Waals surface area contributed by atoms with Crippen LogP contribution in [0, 0.1) is 11.7 Å². The third-order valence-electron chi connectivity index (χ3n) is 5.14. The van der Waals surface area contributed by atoms with Crippen molar-refractivity contribution in [3.05, 3.63) is 107 Å². The second-order valence-corrected chi connectivity index (χ2v) is 7.76. The Hall–Kier alpha value is -2.65. The van der Waals surface area contributed by atoms with Crippen molar-refractivity contribution in [3.8, 4) is 11.5 Å². The highest BCUT2D eigenvalue weighted by Crippen LogP contribution is 2.47. The molecule has 0 heterocycles. The summed E-state index contributed by atoms with van der Waals surface area (Å²) in [6.45, 7) is 0. The molecule has 0 amide bonds. The first kappa shape index (κ1) is 19.7. The maximum Gasteiger partial charge on any atom is 0.133 e. The van der Waals surface area contributed by atoms with Crippen LogP contribution in [0.3, 0.4) is 0 Å². The lowest BCUT2D eigenvalue weighted by Gasteiger charge is -2.16. The van der Waals surface area contributed by atoms with Crippen LogP contribution in [0.25, 0.3) is 0 Å². The van der Waals surface area contributed by atoms with Gasteiger partial charge in [-0.2, -0.15) is 0 Å². The Morgan fingerprint density at radius 1 is 1.03 bits per heavy atom. The molecule has 148 valence electrons. The average Bonchev–Trinajstić information content (AvgIpc) is 3.55. The van der Waals surface area contributed by atoms with E-state index in [1.807, 2.05) is 30.3 Å². The van der Waals surface area contributed by atoms with E-state index in [1.165, 1.54) is 12.1 Å². The summed E-state index contributed by atoms with van der Waals surface area (Å²) >= 11 is 5.98. The quantitative estimate of drug-likeness (QED) is 0.385. The molecule has 0 spiro atoms. The fourth-order valence-electron chi connectivity index (χ4n) is 3.50. The normalized spacial score (nSPS) is 15.2. The predicted molar refractivity (Wildman–Crippen MR) is 113 cm³/mol. The van der Waals surface area contributed by atoms with Crippen LogP contribution in [0.5, 0.6) is 11.5 Å². The van der Waals surface area contributed by atoms with E-state index < -0.39 is 0 Å². The molecule has 0 aliphatic heterocycles. The number of rotatable bonds is 7. The lowest BCUT2D eigenvalue weighted by molar-refractivity contribution is 0.470. The van der Waals surface area contributed by atoms with Crippen molar-refractivity contribution in [1.82, 2.24) is 0 Å². The summed E-state index contributed by atoms with van der Waals surface area (Å²) in [7, 11) is 0. The van der Waals surface area contributed by atoms with E-state index in [1.54, 1.807) is 36.4 Å². The van der Waals surface area contributed by atoms with Gasteiger partial charge in [0.25, 0.3) is 0 Å². The van der Waals surface area contributed by atoms with E-state index in [0.717, 1.165) is 24.0 Å². The zero-order chi connectivity index (χ0) is 20.2. The topological polar surface area (TPSA) is 9.23 Å². The SMILES string of the molecule is FC(=CCc1ccc(F)cc1Oc1ccccc1)C(c1ccc(Cl)cc1)C1CC1. The lowest BCUT2D eigenvalue weighted by Crippen LogP contribution is -2.03. The minimum Gasteiger partial charge on any atom is -0.457 e. The fraction of sp³-hybridized carbons (Fsp3) is 0.200. The number of benzene rings is 3. The maximum atomic E-state index is 15.2. The molecule has 0 aromatic heterocycles. The van der Waals surface area contributed by atoms with Crippen molar-refractivity contribution in [2.75, 3.05) is 0 Å². The Morgan fingerprint density at radius 3 is 2.45 bits per heavy atom. The summed E-state index contributed by atoms with van der Waals surface area (Å²) < 4.78 is 34.8. The summed E-state index contributed by atoms with van der Waals surface area (Å²) in [5.41, 5.74) is 1.67. The van der Waals surface area contributed by atoms with Gasteiger partial charge in [0.2, 0.25) is 0 Å². The van der Waals surface area contributed by atoms with Gasteiger partial charge in [0.1, 0.15) is 23.1 Å². The molecule has 0 radical (unpaired) electrons. The molecule has 3 aromatic carbocycles. The minimum atomic E-state index is -0.388. The number of halogens is 3. The molecule has 4 rings (SSSR count). The molecule has 1 aliphatic carbocycles. The van der Waals surface area contributed by atoms with Gasteiger partial charge < -0.3 is 4.74 Å². The van der Waals surface area contributed by atoms with E-state index in [0.29, 0.717) is 28.9 Å². The number of ether oxygens (including phenoxy) is 1. The number of allylic oxidation sites excluding steroid dienone is 2. The maximum absolute atomic E-state index is 15.2. The molecule has 0 N–H and O–H groups in total. The van der Waals surface area contributed by atoms with Crippen LogP contribution in [0.15, 0.2) is 84.7 Å². The summed E-state index contributed by atoms with van der Waals surface area (Å²) in [6.07, 6.45) is 3.95. The summed E-state index contributed by atoms with van der Waals surface area (Å²) in [4.78, 5) is 0. The van der Waals surface area contributed by atoms with Crippen LogP contribution >= 0.6 is 11.6 Å². The third-order valence-corrected chi connectivity index (χ3v) is 5.39. The van der Waals surface area contributed by atoms with E-state index in [2.05, 4.69) is 0 Å². The first-order valence-electron chi connectivity index (χ1n) is 9.72. The minimum absolute atomic E-state index is 0.162. The zero-order valence-electron chi connectivity index (χ0n) is 15.8. The van der Waals surface area contributed by atoms with Crippen LogP contribution in [-0.2, 0) is 6.42 Å². The van der Waals surface area contributed by atoms with Gasteiger partial charge in [-0.15, -0.1) is 0 Å². The van der Waals surface area contributed by atoms with E-state index in [4.69, 9.17) is 16.3 Å². The number of hydrogen-bond donors (Lipinski definition) is 0. The summed E-state index contributed by atoms with van der Waals surface area (Å²) in [5, 5.41) is 0.640. The molecule has 1 nitrogen and oxygen atoms in total. The van der Waals surface area contributed by atoms with Crippen LogP contribution in [0.4, 0.5) is 8.78 Å². The molecule has 1 atom stereocenters. The fourth-order valence-corrected chi connectivity index (χ4v) is 3.62. The van der Waals surface area contributed by atoms with Crippen molar-refractivity contribution in [2.24, 2.45) is 5.92 Å². The molecule has 4 heteroatoms. The number of hydrogen-bond acceptors (Lipinski definition) is 1. The Balaban J connectivity index is 1.56. The van der Waals surface area contributed by atoms with Gasteiger partial charge in [-0.3, -0.25) is 0 Å².